The molecule has 52 valence electrons. The molecule has 0 bridgehead atoms. The number of hydrogen-bond donors (Lipinski definition) is 0. The van der Waals surface area contributed by atoms with Gasteiger partial charge in [0.2, 0.25) is 5.16 Å². The lowest BCUT2D eigenvalue weighted by Crippen LogP contribution is -1.92. The summed E-state index contributed by atoms with van der Waals surface area (Å²) in [6, 6.07) is 1.99. The second kappa shape index (κ2) is 3.17. The predicted octanol–water partition coefficient (Wildman–Crippen LogP) is -0.174. The van der Waals surface area contributed by atoms with Crippen LogP contribution in [0.15, 0.2) is 5.16 Å². The van der Waals surface area contributed by atoms with E-state index in [1.807, 2.05) is 6.07 Å². The van der Waals surface area contributed by atoms with Crippen molar-refractivity contribution in [2.75, 3.05) is 5.75 Å². The topological polar surface area (TPSA) is 67.4 Å². The number of aromatic nitrogens is 4. The second-order valence-corrected chi connectivity index (χ2v) is 2.47. The third-order valence-electron chi connectivity index (χ3n) is 0.847. The van der Waals surface area contributed by atoms with E-state index in [0.717, 1.165) is 0 Å². The molecule has 0 N–H and O–H groups in total. The fourth-order valence-electron chi connectivity index (χ4n) is 0.440. The van der Waals surface area contributed by atoms with Crippen molar-refractivity contribution in [1.29, 1.82) is 5.26 Å². The Kier molecular flexibility index (Phi) is 2.23. The summed E-state index contributed by atoms with van der Waals surface area (Å²) < 4.78 is 1.53. The maximum atomic E-state index is 8.21. The van der Waals surface area contributed by atoms with E-state index in [2.05, 4.69) is 15.5 Å². The molecule has 0 aliphatic carbocycles. The van der Waals surface area contributed by atoms with E-state index >= 15 is 0 Å². The van der Waals surface area contributed by atoms with Gasteiger partial charge in [-0.3, -0.25) is 0 Å². The van der Waals surface area contributed by atoms with Gasteiger partial charge < -0.3 is 0 Å². The van der Waals surface area contributed by atoms with Crippen molar-refractivity contribution < 1.29 is 0 Å². The summed E-state index contributed by atoms with van der Waals surface area (Å²) >= 11 is 1.32. The van der Waals surface area contributed by atoms with E-state index in [1.54, 1.807) is 7.05 Å². The Labute approximate surface area is 62.0 Å². The molecule has 0 saturated carbocycles. The Hall–Kier alpha value is -1.09. The summed E-state index contributed by atoms with van der Waals surface area (Å²) in [6.07, 6.45) is 0. The molecule has 0 unspecified atom stereocenters. The van der Waals surface area contributed by atoms with Gasteiger partial charge in [0, 0.05) is 7.05 Å². The molecule has 5 nitrogen and oxygen atoms in total. The van der Waals surface area contributed by atoms with Crippen LogP contribution in [0.4, 0.5) is 0 Å². The minimum Gasteiger partial charge on any atom is -0.224 e. The number of hydrogen-bond acceptors (Lipinski definition) is 5. The number of nitriles is 1. The minimum absolute atomic E-state index is 0.383. The Balaban J connectivity index is 2.59. The summed E-state index contributed by atoms with van der Waals surface area (Å²) in [5.74, 6) is 0.383. The van der Waals surface area contributed by atoms with Crippen LogP contribution >= 0.6 is 11.8 Å². The van der Waals surface area contributed by atoms with Gasteiger partial charge in [0.15, 0.2) is 0 Å². The standard InChI is InChI=1S/C4H5N5S/c1-9-4(6-7-8-9)10-3-2-5/h3H2,1H3. The van der Waals surface area contributed by atoms with Crippen LogP contribution in [-0.4, -0.2) is 26.0 Å². The van der Waals surface area contributed by atoms with E-state index in [4.69, 9.17) is 5.26 Å². The molecule has 0 fully saturated rings. The average molecular weight is 155 g/mol. The molecule has 6 heteroatoms. The van der Waals surface area contributed by atoms with Crippen LogP contribution in [0.3, 0.4) is 0 Å². The van der Waals surface area contributed by atoms with Crippen LogP contribution in [0.1, 0.15) is 0 Å². The van der Waals surface area contributed by atoms with Crippen molar-refractivity contribution in [2.45, 2.75) is 5.16 Å². The first-order valence-electron chi connectivity index (χ1n) is 2.56. The van der Waals surface area contributed by atoms with Crippen molar-refractivity contribution in [2.24, 2.45) is 7.05 Å². The predicted molar refractivity (Wildman–Crippen MR) is 35.1 cm³/mol. The first-order valence-corrected chi connectivity index (χ1v) is 3.55. The molecule has 0 aliphatic heterocycles. The van der Waals surface area contributed by atoms with Crippen molar-refractivity contribution in [3.63, 3.8) is 0 Å². The fourth-order valence-corrected chi connectivity index (χ4v) is 0.952. The molecule has 1 aromatic rings. The van der Waals surface area contributed by atoms with Crippen LogP contribution in [0, 0.1) is 11.3 Å². The summed E-state index contributed by atoms with van der Waals surface area (Å²) in [6.45, 7) is 0. The average Bonchev–Trinajstić information content (AvgIpc) is 2.31. The van der Waals surface area contributed by atoms with E-state index in [-0.39, 0.29) is 0 Å². The zero-order valence-corrected chi connectivity index (χ0v) is 6.17. The molecular formula is C4H5N5S. The molecular weight excluding hydrogens is 150 g/mol. The molecule has 0 amide bonds. The van der Waals surface area contributed by atoms with Crippen molar-refractivity contribution in [3.8, 4) is 6.07 Å². The monoisotopic (exact) mass is 155 g/mol. The van der Waals surface area contributed by atoms with Crippen molar-refractivity contribution in [1.82, 2.24) is 20.2 Å². The summed E-state index contributed by atoms with van der Waals surface area (Å²) in [7, 11) is 1.74. The first-order chi connectivity index (χ1) is 4.84. The van der Waals surface area contributed by atoms with Crippen molar-refractivity contribution in [3.05, 3.63) is 0 Å². The van der Waals surface area contributed by atoms with Gasteiger partial charge >= 0.3 is 0 Å². The van der Waals surface area contributed by atoms with Gasteiger partial charge in [-0.1, -0.05) is 11.8 Å². The van der Waals surface area contributed by atoms with Crippen LogP contribution < -0.4 is 0 Å². The summed E-state index contributed by atoms with van der Waals surface area (Å²) in [5.41, 5.74) is 0. The molecule has 0 spiro atoms. The number of nitrogens with zero attached hydrogens (tertiary/aromatic N) is 5. The van der Waals surface area contributed by atoms with Crippen LogP contribution in [0.2, 0.25) is 0 Å². The van der Waals surface area contributed by atoms with Gasteiger partial charge in [-0.05, 0) is 10.4 Å². The van der Waals surface area contributed by atoms with E-state index in [1.165, 1.54) is 16.4 Å². The summed E-state index contributed by atoms with van der Waals surface area (Å²) in [5, 5.41) is 19.5. The largest absolute Gasteiger partial charge is 0.224 e. The maximum absolute atomic E-state index is 8.21. The minimum atomic E-state index is 0.383. The van der Waals surface area contributed by atoms with Gasteiger partial charge in [-0.2, -0.15) is 5.26 Å². The highest BCUT2D eigenvalue weighted by Gasteiger charge is 1.99. The first kappa shape index (κ1) is 7.02. The maximum Gasteiger partial charge on any atom is 0.210 e. The lowest BCUT2D eigenvalue weighted by molar-refractivity contribution is 0.665. The lowest BCUT2D eigenvalue weighted by Gasteiger charge is -1.89. The highest BCUT2D eigenvalue weighted by molar-refractivity contribution is 7.99. The van der Waals surface area contributed by atoms with Crippen LogP contribution in [-0.2, 0) is 7.05 Å². The van der Waals surface area contributed by atoms with Gasteiger partial charge in [0.1, 0.15) is 0 Å². The van der Waals surface area contributed by atoms with Gasteiger partial charge in [-0.15, -0.1) is 5.10 Å². The Morgan fingerprint density at radius 3 is 3.10 bits per heavy atom. The third-order valence-corrected chi connectivity index (χ3v) is 1.72. The number of tetrazole rings is 1. The van der Waals surface area contributed by atoms with Crippen molar-refractivity contribution >= 4 is 11.8 Å². The zero-order chi connectivity index (χ0) is 7.40. The Morgan fingerprint density at radius 1 is 1.80 bits per heavy atom. The zero-order valence-electron chi connectivity index (χ0n) is 5.35. The Bertz CT molecular complexity index is 248. The molecule has 10 heavy (non-hydrogen) atoms. The number of aryl methyl sites for hydroxylation is 1. The van der Waals surface area contributed by atoms with Crippen LogP contribution in [0.25, 0.3) is 0 Å². The summed E-state index contributed by atoms with van der Waals surface area (Å²) in [4.78, 5) is 0. The highest BCUT2D eigenvalue weighted by atomic mass is 32.2. The van der Waals surface area contributed by atoms with E-state index in [0.29, 0.717) is 10.9 Å². The highest BCUT2D eigenvalue weighted by Crippen LogP contribution is 2.09. The SMILES string of the molecule is Cn1nnnc1SCC#N. The second-order valence-electron chi connectivity index (χ2n) is 1.53. The van der Waals surface area contributed by atoms with Gasteiger partial charge in [-0.25, -0.2) is 4.68 Å². The quantitative estimate of drug-likeness (QED) is 0.554. The molecule has 1 aromatic heterocycles. The fraction of sp³-hybridized carbons (Fsp3) is 0.500. The molecule has 0 aromatic carbocycles. The molecule has 1 heterocycles. The van der Waals surface area contributed by atoms with Gasteiger partial charge in [0.05, 0.1) is 11.8 Å². The van der Waals surface area contributed by atoms with E-state index < -0.39 is 0 Å². The molecule has 1 rings (SSSR count). The Morgan fingerprint density at radius 2 is 2.60 bits per heavy atom. The van der Waals surface area contributed by atoms with Crippen LogP contribution in [0.5, 0.6) is 0 Å². The number of thioether (sulfide) groups is 1. The normalized spacial score (nSPS) is 9.20. The van der Waals surface area contributed by atoms with Gasteiger partial charge in [0.25, 0.3) is 0 Å². The lowest BCUT2D eigenvalue weighted by atomic mass is 10.9. The van der Waals surface area contributed by atoms with E-state index in [9.17, 15) is 0 Å². The molecule has 0 atom stereocenters. The molecule has 0 radical (unpaired) electrons. The molecule has 0 saturated heterocycles. The smallest absolute Gasteiger partial charge is 0.210 e. The number of rotatable bonds is 2. The molecule has 0 aliphatic rings. The third kappa shape index (κ3) is 1.45.